The summed E-state index contributed by atoms with van der Waals surface area (Å²) in [6.45, 7) is 6.26. The number of amides is 1. The Morgan fingerprint density at radius 2 is 1.94 bits per heavy atom. The van der Waals surface area contributed by atoms with Gasteiger partial charge >= 0.3 is 0 Å². The fourth-order valence-corrected chi connectivity index (χ4v) is 3.97. The molecule has 3 N–H and O–H groups in total. The first-order valence-electron chi connectivity index (χ1n) is 11.2. The zero-order chi connectivity index (χ0) is 23.8. The summed E-state index contributed by atoms with van der Waals surface area (Å²) in [6.07, 6.45) is 4.97. The molecule has 9 heteroatoms. The number of benzene rings is 1. The van der Waals surface area contributed by atoms with Crippen molar-refractivity contribution in [3.05, 3.63) is 77.5 Å². The largest absolute Gasteiger partial charge is 0.364 e. The molecule has 1 amide bonds. The molecule has 0 unspecified atom stereocenters. The Balaban J connectivity index is 1.57. The van der Waals surface area contributed by atoms with E-state index in [-0.39, 0.29) is 11.7 Å². The summed E-state index contributed by atoms with van der Waals surface area (Å²) in [5.41, 5.74) is 11.6. The van der Waals surface area contributed by atoms with Gasteiger partial charge in [-0.3, -0.25) is 9.48 Å². The smallest absolute Gasteiger partial charge is 0.269 e. The van der Waals surface area contributed by atoms with E-state index >= 15 is 0 Å². The molecule has 0 aliphatic heterocycles. The van der Waals surface area contributed by atoms with Gasteiger partial charge in [-0.15, -0.1) is 0 Å². The second-order valence-corrected chi connectivity index (χ2v) is 8.67. The number of carbonyl (C=O) groups is 1. The van der Waals surface area contributed by atoms with Gasteiger partial charge in [-0.1, -0.05) is 29.8 Å². The Hall–Kier alpha value is -4.27. The predicted molar refractivity (Wildman–Crippen MR) is 129 cm³/mol. The van der Waals surface area contributed by atoms with Crippen molar-refractivity contribution in [3.63, 3.8) is 0 Å². The fraction of sp³-hybridized carbons (Fsp3) is 0.240. The number of primary amides is 1. The summed E-state index contributed by atoms with van der Waals surface area (Å²) >= 11 is 0. The van der Waals surface area contributed by atoms with Crippen molar-refractivity contribution in [2.45, 2.75) is 39.7 Å². The van der Waals surface area contributed by atoms with Crippen molar-refractivity contribution < 1.29 is 4.79 Å². The van der Waals surface area contributed by atoms with E-state index in [0.717, 1.165) is 30.1 Å². The number of nitrogens with one attached hydrogen (secondary N) is 1. The highest BCUT2D eigenvalue weighted by atomic mass is 16.1. The minimum absolute atomic E-state index is 0.220. The molecular formula is C25H26N8O. The molecule has 0 aliphatic carbocycles. The molecule has 5 aromatic rings. The number of imidazole rings is 2. The number of rotatable bonds is 7. The lowest BCUT2D eigenvalue weighted by Gasteiger charge is -2.04. The van der Waals surface area contributed by atoms with Crippen LogP contribution in [0.25, 0.3) is 28.4 Å². The number of nitrogens with two attached hydrogens (primary N) is 1. The summed E-state index contributed by atoms with van der Waals surface area (Å²) in [5.74, 6) is 0.252. The third kappa shape index (κ3) is 4.07. The van der Waals surface area contributed by atoms with Crippen LogP contribution in [0.15, 0.2) is 54.9 Å². The number of carbonyl (C=O) groups excluding carboxylic acids is 1. The number of hydrogen-bond acceptors (Lipinski definition) is 5. The maximum absolute atomic E-state index is 11.8. The first kappa shape index (κ1) is 21.6. The number of aryl methyl sites for hydroxylation is 3. The lowest BCUT2D eigenvalue weighted by Crippen LogP contribution is -2.15. The molecular weight excluding hydrogens is 428 g/mol. The van der Waals surface area contributed by atoms with E-state index in [0.29, 0.717) is 17.0 Å². The van der Waals surface area contributed by atoms with Gasteiger partial charge in [0.2, 0.25) is 0 Å². The van der Waals surface area contributed by atoms with Gasteiger partial charge in [0.15, 0.2) is 5.65 Å². The van der Waals surface area contributed by atoms with Crippen molar-refractivity contribution in [1.29, 1.82) is 0 Å². The number of aromatic amines is 1. The van der Waals surface area contributed by atoms with Crippen molar-refractivity contribution in [3.8, 4) is 22.8 Å². The summed E-state index contributed by atoms with van der Waals surface area (Å²) in [6, 6.07) is 14.3. The van der Waals surface area contributed by atoms with Crippen molar-refractivity contribution in [2.75, 3.05) is 0 Å². The highest BCUT2D eigenvalue weighted by Gasteiger charge is 2.20. The Morgan fingerprint density at radius 1 is 1.09 bits per heavy atom. The highest BCUT2D eigenvalue weighted by molar-refractivity contribution is 5.91. The highest BCUT2D eigenvalue weighted by Crippen LogP contribution is 2.29. The second-order valence-electron chi connectivity index (χ2n) is 8.67. The summed E-state index contributed by atoms with van der Waals surface area (Å²) < 4.78 is 3.36. The van der Waals surface area contributed by atoms with Crippen LogP contribution < -0.4 is 5.73 Å². The normalized spacial score (nSPS) is 11.5. The number of hydrogen-bond donors (Lipinski definition) is 2. The molecule has 5 rings (SSSR count). The van der Waals surface area contributed by atoms with Crippen LogP contribution in [0, 0.1) is 6.92 Å². The second kappa shape index (κ2) is 8.58. The minimum atomic E-state index is -0.589. The fourth-order valence-electron chi connectivity index (χ4n) is 3.97. The molecule has 34 heavy (non-hydrogen) atoms. The molecule has 0 bridgehead atoms. The van der Waals surface area contributed by atoms with E-state index in [1.807, 2.05) is 23.0 Å². The average molecular weight is 455 g/mol. The number of fused-ring (bicyclic) bond motifs is 1. The van der Waals surface area contributed by atoms with Crippen molar-refractivity contribution in [1.82, 2.24) is 34.3 Å². The molecule has 0 saturated heterocycles. The Kier molecular flexibility index (Phi) is 5.45. The van der Waals surface area contributed by atoms with Crippen LogP contribution in [-0.4, -0.2) is 40.3 Å². The molecule has 0 spiro atoms. The van der Waals surface area contributed by atoms with Gasteiger partial charge < -0.3 is 10.7 Å². The average Bonchev–Trinajstić information content (AvgIpc) is 3.55. The van der Waals surface area contributed by atoms with E-state index in [9.17, 15) is 4.79 Å². The van der Waals surface area contributed by atoms with Crippen LogP contribution in [0.1, 0.15) is 47.3 Å². The van der Waals surface area contributed by atoms with Gasteiger partial charge in [0.1, 0.15) is 28.6 Å². The van der Waals surface area contributed by atoms with Crippen molar-refractivity contribution >= 4 is 11.6 Å². The third-order valence-electron chi connectivity index (χ3n) is 5.74. The summed E-state index contributed by atoms with van der Waals surface area (Å²) in [7, 11) is 0. The Labute approximate surface area is 196 Å². The minimum Gasteiger partial charge on any atom is -0.364 e. The van der Waals surface area contributed by atoms with E-state index in [4.69, 9.17) is 15.8 Å². The zero-order valence-electron chi connectivity index (χ0n) is 19.4. The van der Waals surface area contributed by atoms with E-state index < -0.39 is 5.91 Å². The topological polar surface area (TPSA) is 120 Å². The van der Waals surface area contributed by atoms with Gasteiger partial charge in [-0.05, 0) is 51.0 Å². The van der Waals surface area contributed by atoms with Gasteiger partial charge in [0, 0.05) is 18.7 Å². The Bertz CT molecular complexity index is 1490. The molecule has 1 aromatic carbocycles. The van der Waals surface area contributed by atoms with Gasteiger partial charge in [-0.25, -0.2) is 14.5 Å². The van der Waals surface area contributed by atoms with Gasteiger partial charge in [-0.2, -0.15) is 10.2 Å². The third-order valence-corrected chi connectivity index (χ3v) is 5.74. The molecule has 172 valence electrons. The van der Waals surface area contributed by atoms with E-state index in [2.05, 4.69) is 60.1 Å². The lowest BCUT2D eigenvalue weighted by molar-refractivity contribution is 0.0993. The maximum Gasteiger partial charge on any atom is 0.269 e. The first-order chi connectivity index (χ1) is 16.4. The number of nitrogens with zero attached hydrogens (tertiary/aromatic N) is 6. The number of aromatic nitrogens is 7. The first-order valence-corrected chi connectivity index (χ1v) is 11.2. The molecule has 0 atom stereocenters. The van der Waals surface area contributed by atoms with Crippen LogP contribution in [-0.2, 0) is 12.8 Å². The number of H-pyrrole nitrogens is 1. The van der Waals surface area contributed by atoms with Crippen LogP contribution in [0.2, 0.25) is 0 Å². The quantitative estimate of drug-likeness (QED) is 0.388. The molecule has 0 saturated carbocycles. The summed E-state index contributed by atoms with van der Waals surface area (Å²) in [4.78, 5) is 24.4. The van der Waals surface area contributed by atoms with Crippen LogP contribution in [0.3, 0.4) is 0 Å². The Morgan fingerprint density at radius 3 is 2.68 bits per heavy atom. The molecule has 4 aromatic heterocycles. The molecule has 0 radical (unpaired) electrons. The standard InChI is InChI=1S/C25H26N8O/c1-15(2)32-12-11-19(30-32)24-23(18-8-10-22-27-14-20(25(26)34)33(22)31-18)28-21(29-24)9-7-17-6-4-5-16(3)13-17/h4-6,8,10-15H,7,9H2,1-3H3,(H2,26,34)(H,28,29). The summed E-state index contributed by atoms with van der Waals surface area (Å²) in [5, 5.41) is 9.37. The molecule has 9 nitrogen and oxygen atoms in total. The lowest BCUT2D eigenvalue weighted by atomic mass is 10.1. The monoisotopic (exact) mass is 454 g/mol. The van der Waals surface area contributed by atoms with E-state index in [1.165, 1.54) is 21.8 Å². The molecule has 0 fully saturated rings. The molecule has 4 heterocycles. The SMILES string of the molecule is Cc1cccc(CCc2nc(-c3ccc4ncc(C(N)=O)n4n3)c(-c3ccn(C(C)C)n3)[nH]2)c1. The van der Waals surface area contributed by atoms with Crippen LogP contribution >= 0.6 is 0 Å². The predicted octanol–water partition coefficient (Wildman–Crippen LogP) is 3.76. The van der Waals surface area contributed by atoms with Gasteiger partial charge in [0.05, 0.1) is 11.9 Å². The van der Waals surface area contributed by atoms with Crippen molar-refractivity contribution in [2.24, 2.45) is 5.73 Å². The zero-order valence-corrected chi connectivity index (χ0v) is 19.4. The van der Waals surface area contributed by atoms with Gasteiger partial charge in [0.25, 0.3) is 5.91 Å². The van der Waals surface area contributed by atoms with Crippen LogP contribution in [0.4, 0.5) is 0 Å². The van der Waals surface area contributed by atoms with Crippen LogP contribution in [0.5, 0.6) is 0 Å². The van der Waals surface area contributed by atoms with E-state index in [1.54, 1.807) is 6.07 Å². The molecule has 0 aliphatic rings. The maximum atomic E-state index is 11.8.